The van der Waals surface area contributed by atoms with Gasteiger partial charge >= 0.3 is 0 Å². The van der Waals surface area contributed by atoms with Crippen molar-refractivity contribution in [3.63, 3.8) is 0 Å². The topological polar surface area (TPSA) is 79.5 Å². The van der Waals surface area contributed by atoms with Gasteiger partial charge < -0.3 is 20.3 Å². The van der Waals surface area contributed by atoms with Crippen LogP contribution in [0.25, 0.3) is 0 Å². The molecule has 114 valence electrons. The highest BCUT2D eigenvalue weighted by molar-refractivity contribution is 5.46. The van der Waals surface area contributed by atoms with E-state index in [0.29, 0.717) is 13.2 Å². The van der Waals surface area contributed by atoms with Crippen LogP contribution >= 0.6 is 0 Å². The Bertz CT molecular complexity index is 566. The fraction of sp³-hybridized carbons (Fsp3) is 0.400. The lowest BCUT2D eigenvalue weighted by molar-refractivity contribution is 0.105. The summed E-state index contributed by atoms with van der Waals surface area (Å²) < 4.78 is 7.54. The summed E-state index contributed by atoms with van der Waals surface area (Å²) in [6, 6.07) is 7.46. The minimum atomic E-state index is -0.755. The van der Waals surface area contributed by atoms with Gasteiger partial charge in [-0.15, -0.1) is 0 Å². The first-order valence-corrected chi connectivity index (χ1v) is 6.83. The van der Waals surface area contributed by atoms with Crippen LogP contribution in [0.3, 0.4) is 0 Å². The Morgan fingerprint density at radius 1 is 1.33 bits per heavy atom. The first-order chi connectivity index (χ1) is 10.1. The fourth-order valence-corrected chi connectivity index (χ4v) is 1.82. The van der Waals surface area contributed by atoms with Crippen molar-refractivity contribution in [3.05, 3.63) is 41.7 Å². The number of aliphatic hydroxyl groups excluding tert-OH is 2. The lowest BCUT2D eigenvalue weighted by atomic mass is 10.2. The van der Waals surface area contributed by atoms with Gasteiger partial charge in [0.05, 0.1) is 18.9 Å². The molecule has 0 bridgehead atoms. The first kappa shape index (κ1) is 15.3. The normalized spacial score (nSPS) is 12.2. The summed E-state index contributed by atoms with van der Waals surface area (Å²) in [7, 11) is 1.90. The van der Waals surface area contributed by atoms with E-state index in [4.69, 9.17) is 9.84 Å². The van der Waals surface area contributed by atoms with Gasteiger partial charge in [-0.2, -0.15) is 5.10 Å². The molecule has 1 aromatic heterocycles. The molecule has 2 aromatic rings. The average molecular weight is 291 g/mol. The molecular weight excluding hydrogens is 270 g/mol. The minimum Gasteiger partial charge on any atom is -0.489 e. The first-order valence-electron chi connectivity index (χ1n) is 6.83. The average Bonchev–Trinajstić information content (AvgIpc) is 2.83. The van der Waals surface area contributed by atoms with Crippen LogP contribution in [0.2, 0.25) is 0 Å². The molecule has 6 heteroatoms. The van der Waals surface area contributed by atoms with Crippen molar-refractivity contribution in [2.45, 2.75) is 19.6 Å². The maximum absolute atomic E-state index is 9.27. The Labute approximate surface area is 124 Å². The lowest BCUT2D eigenvalue weighted by Crippen LogP contribution is -2.22. The number of benzene rings is 1. The van der Waals surface area contributed by atoms with Gasteiger partial charge in [0.1, 0.15) is 12.4 Å². The SMILES string of the molecule is Cc1c(COc2ccc(NCC(O)CO)cc2)cnn1C. The van der Waals surface area contributed by atoms with Crippen molar-refractivity contribution in [3.8, 4) is 5.75 Å². The van der Waals surface area contributed by atoms with Crippen molar-refractivity contribution in [2.75, 3.05) is 18.5 Å². The molecule has 0 saturated heterocycles. The van der Waals surface area contributed by atoms with E-state index in [1.165, 1.54) is 0 Å². The molecular formula is C15H21N3O3. The second-order valence-electron chi connectivity index (χ2n) is 4.91. The molecule has 3 N–H and O–H groups in total. The summed E-state index contributed by atoms with van der Waals surface area (Å²) >= 11 is 0. The molecule has 0 saturated carbocycles. The summed E-state index contributed by atoms with van der Waals surface area (Å²) in [6.45, 7) is 2.55. The number of rotatable bonds is 7. The van der Waals surface area contributed by atoms with Crippen LogP contribution in [-0.2, 0) is 13.7 Å². The Morgan fingerprint density at radius 3 is 2.62 bits per heavy atom. The molecule has 0 aliphatic carbocycles. The molecule has 0 fully saturated rings. The zero-order valence-corrected chi connectivity index (χ0v) is 12.3. The van der Waals surface area contributed by atoms with E-state index in [1.807, 2.05) is 49.1 Å². The highest BCUT2D eigenvalue weighted by Gasteiger charge is 2.05. The van der Waals surface area contributed by atoms with Gasteiger partial charge in [0.15, 0.2) is 0 Å². The largest absolute Gasteiger partial charge is 0.489 e. The number of nitrogens with zero attached hydrogens (tertiary/aromatic N) is 2. The monoisotopic (exact) mass is 291 g/mol. The molecule has 21 heavy (non-hydrogen) atoms. The highest BCUT2D eigenvalue weighted by Crippen LogP contribution is 2.17. The maximum atomic E-state index is 9.27. The smallest absolute Gasteiger partial charge is 0.119 e. The highest BCUT2D eigenvalue weighted by atomic mass is 16.5. The molecule has 1 atom stereocenters. The molecule has 1 unspecified atom stereocenters. The summed E-state index contributed by atoms with van der Waals surface area (Å²) in [4.78, 5) is 0. The second-order valence-corrected chi connectivity index (χ2v) is 4.91. The van der Waals surface area contributed by atoms with Crippen LogP contribution in [-0.4, -0.2) is 39.2 Å². The number of ether oxygens (including phenoxy) is 1. The van der Waals surface area contributed by atoms with Gasteiger partial charge in [0, 0.05) is 30.5 Å². The standard InChI is InChI=1S/C15H21N3O3/c1-11-12(7-17-18(11)2)10-21-15-5-3-13(4-6-15)16-8-14(20)9-19/h3-7,14,16,19-20H,8-10H2,1-2H3. The van der Waals surface area contributed by atoms with Gasteiger partial charge in [-0.3, -0.25) is 4.68 Å². The lowest BCUT2D eigenvalue weighted by Gasteiger charge is -2.11. The van der Waals surface area contributed by atoms with Crippen LogP contribution in [0.5, 0.6) is 5.75 Å². The molecule has 1 heterocycles. The van der Waals surface area contributed by atoms with E-state index < -0.39 is 6.10 Å². The van der Waals surface area contributed by atoms with Crippen LogP contribution in [0.1, 0.15) is 11.3 Å². The molecule has 0 amide bonds. The molecule has 0 radical (unpaired) electrons. The quantitative estimate of drug-likeness (QED) is 0.711. The van der Waals surface area contributed by atoms with Crippen LogP contribution in [0.4, 0.5) is 5.69 Å². The number of hydrogen-bond acceptors (Lipinski definition) is 5. The molecule has 2 rings (SSSR count). The minimum absolute atomic E-state index is 0.251. The van der Waals surface area contributed by atoms with Crippen molar-refractivity contribution in [1.82, 2.24) is 9.78 Å². The van der Waals surface area contributed by atoms with Crippen molar-refractivity contribution in [2.24, 2.45) is 7.05 Å². The Hall–Kier alpha value is -2.05. The van der Waals surface area contributed by atoms with E-state index in [9.17, 15) is 5.11 Å². The Morgan fingerprint density at radius 2 is 2.05 bits per heavy atom. The molecule has 6 nitrogen and oxygen atoms in total. The summed E-state index contributed by atoms with van der Waals surface area (Å²) in [5.74, 6) is 0.770. The molecule has 0 aliphatic heterocycles. The van der Waals surface area contributed by atoms with E-state index in [0.717, 1.165) is 22.7 Å². The van der Waals surface area contributed by atoms with Gasteiger partial charge in [0.25, 0.3) is 0 Å². The predicted octanol–water partition coefficient (Wildman–Crippen LogP) is 1.07. The van der Waals surface area contributed by atoms with Crippen molar-refractivity contribution >= 4 is 5.69 Å². The van der Waals surface area contributed by atoms with E-state index in [2.05, 4.69) is 10.4 Å². The number of aliphatic hydroxyl groups is 2. The molecule has 1 aromatic carbocycles. The van der Waals surface area contributed by atoms with Crippen molar-refractivity contribution < 1.29 is 14.9 Å². The van der Waals surface area contributed by atoms with E-state index in [-0.39, 0.29) is 6.61 Å². The second kappa shape index (κ2) is 7.10. The molecule has 0 spiro atoms. The third-order valence-corrected chi connectivity index (χ3v) is 3.34. The zero-order valence-electron chi connectivity index (χ0n) is 12.3. The van der Waals surface area contributed by atoms with Crippen LogP contribution in [0.15, 0.2) is 30.5 Å². The third-order valence-electron chi connectivity index (χ3n) is 3.34. The Balaban J connectivity index is 1.86. The Kier molecular flexibility index (Phi) is 5.19. The summed E-state index contributed by atoms with van der Waals surface area (Å²) in [6.07, 6.45) is 1.05. The zero-order chi connectivity index (χ0) is 15.2. The predicted molar refractivity (Wildman–Crippen MR) is 80.3 cm³/mol. The van der Waals surface area contributed by atoms with E-state index >= 15 is 0 Å². The number of anilines is 1. The van der Waals surface area contributed by atoms with Gasteiger partial charge in [-0.1, -0.05) is 0 Å². The third kappa shape index (κ3) is 4.21. The molecule has 0 aliphatic rings. The van der Waals surface area contributed by atoms with Gasteiger partial charge in [-0.05, 0) is 31.2 Å². The number of nitrogens with one attached hydrogen (secondary N) is 1. The number of aromatic nitrogens is 2. The van der Waals surface area contributed by atoms with Crippen molar-refractivity contribution in [1.29, 1.82) is 0 Å². The fourth-order valence-electron chi connectivity index (χ4n) is 1.82. The maximum Gasteiger partial charge on any atom is 0.119 e. The number of hydrogen-bond donors (Lipinski definition) is 3. The summed E-state index contributed by atoms with van der Waals surface area (Å²) in [5.41, 5.74) is 3.02. The van der Waals surface area contributed by atoms with Gasteiger partial charge in [-0.25, -0.2) is 0 Å². The van der Waals surface area contributed by atoms with Crippen LogP contribution < -0.4 is 10.1 Å². The van der Waals surface area contributed by atoms with Gasteiger partial charge in [0.2, 0.25) is 0 Å². The van der Waals surface area contributed by atoms with E-state index in [1.54, 1.807) is 0 Å². The summed E-state index contributed by atoms with van der Waals surface area (Å²) in [5, 5.41) is 25.2. The van der Waals surface area contributed by atoms with Crippen LogP contribution in [0, 0.1) is 6.92 Å². The number of aryl methyl sites for hydroxylation is 1.